The predicted octanol–water partition coefficient (Wildman–Crippen LogP) is 0.0846. The fourth-order valence-electron chi connectivity index (χ4n) is 1.35. The summed E-state index contributed by atoms with van der Waals surface area (Å²) in [6, 6.07) is 14.5. The van der Waals surface area contributed by atoms with Gasteiger partial charge in [0.2, 0.25) is 0 Å². The molecule has 2 aromatic rings. The third-order valence-electron chi connectivity index (χ3n) is 2.03. The fourth-order valence-corrected chi connectivity index (χ4v) is 1.63. The van der Waals surface area contributed by atoms with Gasteiger partial charge in [0.25, 0.3) is 0 Å². The van der Waals surface area contributed by atoms with Gasteiger partial charge in [-0.3, -0.25) is 0 Å². The van der Waals surface area contributed by atoms with Crippen LogP contribution in [0.3, 0.4) is 0 Å². The molecule has 0 bridgehead atoms. The summed E-state index contributed by atoms with van der Waals surface area (Å²) in [5.41, 5.74) is 1.92. The Morgan fingerprint density at radius 1 is 0.933 bits per heavy atom. The molecule has 0 aliphatic carbocycles. The van der Waals surface area contributed by atoms with Gasteiger partial charge < -0.3 is 5.11 Å². The zero-order chi connectivity index (χ0) is 9.97. The van der Waals surface area contributed by atoms with Crippen molar-refractivity contribution in [2.75, 3.05) is 0 Å². The Hall–Kier alpha value is -0.470. The van der Waals surface area contributed by atoms with Crippen LogP contribution in [-0.4, -0.2) is 0 Å². The largest absolute Gasteiger partial charge is 1.00 e. The van der Waals surface area contributed by atoms with Crippen LogP contribution in [-0.2, 0) is 0 Å². The third kappa shape index (κ3) is 2.99. The Kier molecular flexibility index (Phi) is 4.68. The average molecular weight is 227 g/mol. The third-order valence-corrected chi connectivity index (χ3v) is 2.34. The number of halogens is 1. The smallest absolute Gasteiger partial charge is 0.872 e. The molecule has 0 aliphatic heterocycles. The molecule has 0 amide bonds. The molecular formula is C12H8ClNaO. The first-order chi connectivity index (χ1) is 6.77. The molecule has 0 spiro atoms. The van der Waals surface area contributed by atoms with E-state index >= 15 is 0 Å². The average Bonchev–Trinajstić information content (AvgIpc) is 2.19. The molecule has 0 atom stereocenters. The van der Waals surface area contributed by atoms with E-state index in [0.29, 0.717) is 5.02 Å². The van der Waals surface area contributed by atoms with Gasteiger partial charge in [-0.25, -0.2) is 0 Å². The van der Waals surface area contributed by atoms with Crippen LogP contribution in [0.1, 0.15) is 0 Å². The molecular weight excluding hydrogens is 219 g/mol. The molecule has 0 unspecified atom stereocenters. The van der Waals surface area contributed by atoms with Gasteiger partial charge in [0.15, 0.2) is 0 Å². The van der Waals surface area contributed by atoms with Crippen molar-refractivity contribution in [3.05, 3.63) is 53.6 Å². The van der Waals surface area contributed by atoms with E-state index in [1.54, 1.807) is 6.07 Å². The quantitative estimate of drug-likeness (QED) is 0.632. The molecule has 3 heteroatoms. The molecule has 70 valence electrons. The molecule has 15 heavy (non-hydrogen) atoms. The summed E-state index contributed by atoms with van der Waals surface area (Å²) in [5.74, 6) is -0.0605. The van der Waals surface area contributed by atoms with Crippen LogP contribution >= 0.6 is 11.6 Å². The van der Waals surface area contributed by atoms with Crippen molar-refractivity contribution >= 4 is 11.6 Å². The van der Waals surface area contributed by atoms with Gasteiger partial charge in [-0.2, -0.15) is 0 Å². The summed E-state index contributed by atoms with van der Waals surface area (Å²) in [5, 5.41) is 11.5. The fraction of sp³-hybridized carbons (Fsp3) is 0. The molecule has 0 aromatic heterocycles. The zero-order valence-corrected chi connectivity index (χ0v) is 11.2. The summed E-state index contributed by atoms with van der Waals surface area (Å²) < 4.78 is 0. The van der Waals surface area contributed by atoms with Crippen molar-refractivity contribution in [2.45, 2.75) is 0 Å². The van der Waals surface area contributed by atoms with Gasteiger partial charge >= 0.3 is 29.6 Å². The van der Waals surface area contributed by atoms with E-state index in [2.05, 4.69) is 0 Å². The van der Waals surface area contributed by atoms with Crippen molar-refractivity contribution < 1.29 is 34.7 Å². The molecule has 0 heterocycles. The minimum atomic E-state index is -0.0605. The van der Waals surface area contributed by atoms with Crippen LogP contribution in [0.25, 0.3) is 11.1 Å². The van der Waals surface area contributed by atoms with Crippen molar-refractivity contribution in [3.63, 3.8) is 0 Å². The minimum Gasteiger partial charge on any atom is -0.872 e. The van der Waals surface area contributed by atoms with E-state index in [0.717, 1.165) is 11.1 Å². The second kappa shape index (κ2) is 5.57. The molecule has 0 N–H and O–H groups in total. The van der Waals surface area contributed by atoms with E-state index in [-0.39, 0.29) is 35.3 Å². The number of hydrogen-bond donors (Lipinski definition) is 0. The maximum absolute atomic E-state index is 11.0. The van der Waals surface area contributed by atoms with Crippen LogP contribution in [0.4, 0.5) is 0 Å². The topological polar surface area (TPSA) is 23.1 Å². The van der Waals surface area contributed by atoms with E-state index < -0.39 is 0 Å². The maximum Gasteiger partial charge on any atom is 1.00 e. The van der Waals surface area contributed by atoms with Gasteiger partial charge in [0.05, 0.1) is 0 Å². The minimum absolute atomic E-state index is 0. The number of hydrogen-bond acceptors (Lipinski definition) is 1. The SMILES string of the molecule is [Na+].[O-]c1ccc(-c2ccccc2)c(Cl)c1. The van der Waals surface area contributed by atoms with Crippen LogP contribution in [0.15, 0.2) is 48.5 Å². The molecule has 0 saturated heterocycles. The van der Waals surface area contributed by atoms with Crippen LogP contribution < -0.4 is 34.7 Å². The molecule has 0 radical (unpaired) electrons. The van der Waals surface area contributed by atoms with E-state index in [1.165, 1.54) is 12.1 Å². The summed E-state index contributed by atoms with van der Waals surface area (Å²) in [6.07, 6.45) is 0. The normalized spacial score (nSPS) is 9.40. The van der Waals surface area contributed by atoms with E-state index in [1.807, 2.05) is 30.3 Å². The molecule has 0 aliphatic rings. The molecule has 0 saturated carbocycles. The van der Waals surface area contributed by atoms with Gasteiger partial charge in [0, 0.05) is 10.6 Å². The van der Waals surface area contributed by atoms with Crippen molar-refractivity contribution in [3.8, 4) is 16.9 Å². The van der Waals surface area contributed by atoms with Gasteiger partial charge in [-0.1, -0.05) is 60.1 Å². The first-order valence-electron chi connectivity index (χ1n) is 4.29. The van der Waals surface area contributed by atoms with Crippen LogP contribution in [0.2, 0.25) is 5.02 Å². The zero-order valence-electron chi connectivity index (χ0n) is 8.41. The summed E-state index contributed by atoms with van der Waals surface area (Å²) in [7, 11) is 0. The van der Waals surface area contributed by atoms with E-state index in [4.69, 9.17) is 11.6 Å². The van der Waals surface area contributed by atoms with E-state index in [9.17, 15) is 5.11 Å². The Morgan fingerprint density at radius 3 is 2.20 bits per heavy atom. The Morgan fingerprint density at radius 2 is 1.60 bits per heavy atom. The monoisotopic (exact) mass is 226 g/mol. The van der Waals surface area contributed by atoms with Crippen molar-refractivity contribution in [1.29, 1.82) is 0 Å². The second-order valence-electron chi connectivity index (χ2n) is 3.01. The summed E-state index contributed by atoms with van der Waals surface area (Å²) >= 11 is 5.96. The molecule has 2 rings (SSSR count). The molecule has 1 nitrogen and oxygen atoms in total. The Bertz CT molecular complexity index is 443. The standard InChI is InChI=1S/C12H9ClO.Na/c13-12-8-10(14)6-7-11(12)9-4-2-1-3-5-9;/h1-8,14H;/q;+1/p-1. The maximum atomic E-state index is 11.0. The van der Waals surface area contributed by atoms with Gasteiger partial charge in [-0.05, 0) is 5.56 Å². The Balaban J connectivity index is 0.00000112. The number of benzene rings is 2. The summed E-state index contributed by atoms with van der Waals surface area (Å²) in [6.45, 7) is 0. The summed E-state index contributed by atoms with van der Waals surface area (Å²) in [4.78, 5) is 0. The van der Waals surface area contributed by atoms with Crippen molar-refractivity contribution in [1.82, 2.24) is 0 Å². The second-order valence-corrected chi connectivity index (χ2v) is 3.41. The first-order valence-corrected chi connectivity index (χ1v) is 4.67. The number of rotatable bonds is 1. The molecule has 0 fully saturated rings. The first kappa shape index (κ1) is 12.6. The van der Waals surface area contributed by atoms with Gasteiger partial charge in [-0.15, -0.1) is 5.75 Å². The van der Waals surface area contributed by atoms with Crippen LogP contribution in [0, 0.1) is 0 Å². The van der Waals surface area contributed by atoms with Gasteiger partial charge in [0.1, 0.15) is 0 Å². The molecule has 2 aromatic carbocycles. The Labute approximate surface area is 116 Å². The van der Waals surface area contributed by atoms with Crippen LogP contribution in [0.5, 0.6) is 5.75 Å². The predicted molar refractivity (Wildman–Crippen MR) is 56.3 cm³/mol. The van der Waals surface area contributed by atoms with Crippen molar-refractivity contribution in [2.24, 2.45) is 0 Å².